The number of hydrogen-bond donors (Lipinski definition) is 9. The number of rotatable bonds is 8. The Labute approximate surface area is 512 Å². The van der Waals surface area contributed by atoms with E-state index in [0.29, 0.717) is 85.6 Å². The van der Waals surface area contributed by atoms with Gasteiger partial charge >= 0.3 is 0 Å². The van der Waals surface area contributed by atoms with Crippen molar-refractivity contribution in [1.82, 2.24) is 10.3 Å². The van der Waals surface area contributed by atoms with Gasteiger partial charge in [-0.25, -0.2) is 0 Å². The Balaban J connectivity index is 0.891. The molecule has 3 fully saturated rings. The molecule has 1 saturated heterocycles. The zero-order chi connectivity index (χ0) is 58.3. The number of H-pyrrole nitrogens is 1. The minimum atomic E-state index is -1.06. The lowest BCUT2D eigenvalue weighted by Gasteiger charge is -2.58. The van der Waals surface area contributed by atoms with Crippen molar-refractivity contribution in [3.63, 3.8) is 0 Å². The molecule has 1 aromatic heterocycles. The molecule has 2 aliphatic heterocycles. The molecule has 9 aliphatic rings. The molecule has 3 aromatic carbocycles. The summed E-state index contributed by atoms with van der Waals surface area (Å²) >= 11 is 0. The zero-order valence-electron chi connectivity index (χ0n) is 49.6. The van der Waals surface area contributed by atoms with Crippen LogP contribution < -0.4 is 15.8 Å². The molecule has 19 atom stereocenters. The highest BCUT2D eigenvalue weighted by atomic mass is 33.1. The van der Waals surface area contributed by atoms with Crippen LogP contribution in [0.5, 0.6) is 11.5 Å². The molecule has 13 rings (SSSR count). The average molecular weight is 1190 g/mol. The summed E-state index contributed by atoms with van der Waals surface area (Å²) < 4.78 is 7.05. The van der Waals surface area contributed by atoms with Crippen LogP contribution in [0.3, 0.4) is 0 Å². The van der Waals surface area contributed by atoms with E-state index in [1.807, 2.05) is 24.4 Å². The minimum Gasteiger partial charge on any atom is -0.504 e. The molecule has 0 unspecified atom stereocenters. The Bertz CT molecular complexity index is 3180. The summed E-state index contributed by atoms with van der Waals surface area (Å²) in [6.07, 6.45) is 22.3. The molecular formula is C73H91N3O7S2. The van der Waals surface area contributed by atoms with Gasteiger partial charge in [-0.15, -0.1) is 0 Å². The smallest absolute Gasteiger partial charge is 0.161 e. The third kappa shape index (κ3) is 11.6. The number of hydrogen-bond acceptors (Lipinski definition) is 11. The van der Waals surface area contributed by atoms with Crippen molar-refractivity contribution in [2.45, 2.75) is 146 Å². The summed E-state index contributed by atoms with van der Waals surface area (Å²) in [6, 6.07) is 28.4. The molecule has 85 heavy (non-hydrogen) atoms. The van der Waals surface area contributed by atoms with E-state index in [1.54, 1.807) is 21.6 Å². The minimum absolute atomic E-state index is 0.00109. The number of nitrogens with two attached hydrogens (primary N) is 1. The van der Waals surface area contributed by atoms with Crippen LogP contribution in [0.4, 0.5) is 0 Å². The Morgan fingerprint density at radius 1 is 0.788 bits per heavy atom. The molecule has 2 saturated carbocycles. The Kier molecular flexibility index (Phi) is 17.9. The van der Waals surface area contributed by atoms with E-state index in [1.165, 1.54) is 47.9 Å². The fourth-order valence-electron chi connectivity index (χ4n) is 18.7. The number of dihydropyridines is 1. The largest absolute Gasteiger partial charge is 0.504 e. The van der Waals surface area contributed by atoms with E-state index in [0.717, 1.165) is 72.9 Å². The number of allylic oxidation sites excluding steroid dienone is 5. The molecule has 7 aliphatic carbocycles. The van der Waals surface area contributed by atoms with Crippen LogP contribution >= 0.6 is 21.6 Å². The molecule has 12 heteroatoms. The second-order valence-corrected chi connectivity index (χ2v) is 29.8. The van der Waals surface area contributed by atoms with Crippen LogP contribution in [0.15, 0.2) is 132 Å². The lowest BCUT2D eigenvalue weighted by molar-refractivity contribution is -0.0609. The molecule has 10 N–H and O–H groups in total. The van der Waals surface area contributed by atoms with Crippen molar-refractivity contribution in [1.29, 1.82) is 0 Å². The number of aromatic hydroxyl groups is 1. The van der Waals surface area contributed by atoms with Gasteiger partial charge in [0.2, 0.25) is 0 Å². The third-order valence-corrected chi connectivity index (χ3v) is 25.3. The topological polar surface area (TPSA) is 184 Å². The quantitative estimate of drug-likeness (QED) is 0.0465. The van der Waals surface area contributed by atoms with Crippen LogP contribution in [0.25, 0.3) is 0 Å². The van der Waals surface area contributed by atoms with E-state index in [2.05, 4.69) is 114 Å². The molecule has 10 nitrogen and oxygen atoms in total. The maximum atomic E-state index is 12.9. The second-order valence-electron chi connectivity index (χ2n) is 27.3. The normalized spacial score (nSPS) is 37.3. The lowest BCUT2D eigenvalue weighted by Crippen LogP contribution is -2.54. The van der Waals surface area contributed by atoms with Crippen molar-refractivity contribution in [3.05, 3.63) is 165 Å². The van der Waals surface area contributed by atoms with Gasteiger partial charge in [-0.1, -0.05) is 151 Å². The monoisotopic (exact) mass is 1190 g/mol. The number of benzene rings is 3. The lowest BCUT2D eigenvalue weighted by atomic mass is 9.46. The van der Waals surface area contributed by atoms with E-state index in [-0.39, 0.29) is 60.2 Å². The molecule has 3 heterocycles. The predicted octanol–water partition coefficient (Wildman–Crippen LogP) is 11.7. The van der Waals surface area contributed by atoms with Crippen molar-refractivity contribution in [3.8, 4) is 23.3 Å². The number of phenols is 1. The highest BCUT2D eigenvalue weighted by molar-refractivity contribution is 8.76. The fourth-order valence-corrected chi connectivity index (χ4v) is 21.2. The highest BCUT2D eigenvalue weighted by Crippen LogP contribution is 2.63. The summed E-state index contributed by atoms with van der Waals surface area (Å²) in [5.41, 5.74) is 17.0. The third-order valence-electron chi connectivity index (χ3n) is 22.9. The van der Waals surface area contributed by atoms with Gasteiger partial charge in [0, 0.05) is 83.7 Å². The Hall–Kier alpha value is -4.84. The van der Waals surface area contributed by atoms with E-state index < -0.39 is 47.6 Å². The zero-order valence-corrected chi connectivity index (χ0v) is 51.3. The first-order chi connectivity index (χ1) is 41.5. The van der Waals surface area contributed by atoms with Crippen molar-refractivity contribution < 1.29 is 35.4 Å². The van der Waals surface area contributed by atoms with Gasteiger partial charge in [0.15, 0.2) is 11.5 Å². The molecule has 0 bridgehead atoms. The van der Waals surface area contributed by atoms with E-state index >= 15 is 0 Å². The van der Waals surface area contributed by atoms with Gasteiger partial charge in [0.1, 0.15) is 11.9 Å². The predicted molar refractivity (Wildman–Crippen MR) is 341 cm³/mol. The van der Waals surface area contributed by atoms with Gasteiger partial charge in [-0.2, -0.15) is 0 Å². The fraction of sp³-hybridized carbons (Fsp3) is 0.562. The summed E-state index contributed by atoms with van der Waals surface area (Å²) in [6.45, 7) is 2.66. The number of aromatic nitrogens is 1. The second kappa shape index (κ2) is 25.7. The first-order valence-electron chi connectivity index (χ1n) is 32.6. The number of aromatic amines is 1. The number of phenolic OH excluding ortho intramolecular Hbond substituents is 1. The average Bonchev–Trinajstić information content (AvgIpc) is 1.77. The van der Waals surface area contributed by atoms with Gasteiger partial charge < -0.3 is 51.4 Å². The number of aliphatic hydroxyl groups excluding tert-OH is 5. The summed E-state index contributed by atoms with van der Waals surface area (Å²) in [4.78, 5) is 3.40. The molecule has 0 amide bonds. The number of aliphatic hydroxyl groups is 5. The Morgan fingerprint density at radius 3 is 2.38 bits per heavy atom. The van der Waals surface area contributed by atoms with Crippen molar-refractivity contribution in [2.24, 2.45) is 82.2 Å². The molecular weight excluding hydrogens is 1090 g/mol. The maximum Gasteiger partial charge on any atom is 0.161 e. The molecule has 452 valence electrons. The number of nitrogens with one attached hydrogen (secondary N) is 2. The van der Waals surface area contributed by atoms with Gasteiger partial charge in [0.05, 0.1) is 18.3 Å². The van der Waals surface area contributed by atoms with E-state index in [4.69, 9.17) is 10.5 Å². The van der Waals surface area contributed by atoms with Crippen molar-refractivity contribution >= 4 is 21.6 Å². The molecule has 4 aromatic rings. The van der Waals surface area contributed by atoms with Gasteiger partial charge in [-0.05, 0) is 188 Å². The van der Waals surface area contributed by atoms with Gasteiger partial charge in [-0.3, -0.25) is 0 Å². The number of fused-ring (bicyclic) bond motifs is 11. The van der Waals surface area contributed by atoms with Crippen LogP contribution in [0.2, 0.25) is 0 Å². The summed E-state index contributed by atoms with van der Waals surface area (Å²) in [5.74, 6) is 11.3. The van der Waals surface area contributed by atoms with Crippen LogP contribution in [0.1, 0.15) is 129 Å². The molecule has 0 radical (unpaired) electrons. The molecule has 1 spiro atoms. The first-order valence-corrected chi connectivity index (χ1v) is 35.1. The summed E-state index contributed by atoms with van der Waals surface area (Å²) in [5, 5.41) is 76.5. The van der Waals surface area contributed by atoms with E-state index in [9.17, 15) is 30.6 Å². The Morgan fingerprint density at radius 2 is 1.59 bits per heavy atom. The van der Waals surface area contributed by atoms with Crippen LogP contribution in [-0.4, -0.2) is 91.3 Å². The summed E-state index contributed by atoms with van der Waals surface area (Å²) in [7, 11) is 3.28. The standard InChI is InChI=1S/C73H91N3O7S2/c1-2-43-29-49-34-65(80)67(83-68-35-50(30-52-18-12-27-75-52)54-24-28-76-72(74)62(54)42-85-84-41-51(39-77)71(68)82)37-57(49)59-36-66(81)69-48(33-56(43)59)23-26-73(25-11-10-20-64(69)79)38-61(44-13-4-3-5-14-44)60-32-47-17-7-6-16-46(47)31-58-53-19-9-8-15-45(53)21-22-55(58)70(60)63(73)40-78/h3-7,12-14,16-18,21-22,24,27,33-34,37,43,45,48,50-51,53,55,58-61,63-64,66,68-71,75-82H,2,8-11,15,19-20,25,28-32,35-36,38-42,74H2,1H3/t43-,45-,48-,50-,51+,53-,55+,58-,59-,60+,61-,63-,64+,66-,68+,69+,70-,71+,73+/m1/s1. The van der Waals surface area contributed by atoms with Crippen molar-refractivity contribution in [2.75, 3.05) is 31.3 Å². The first kappa shape index (κ1) is 59.1. The maximum absolute atomic E-state index is 12.9. The SMILES string of the molecule is CC[C@@H]1Cc2cc(O)c(O[C@H]3C[C@@H](Cc4ccc[nH]4)C4=CCNC(N)=C4CSSC[C@H](CO)[C@@H]3O)cc2[C@@H]2C[C@@H](O)[C@H]3[C@H](C#C[C@@]4(CCCC[C@@H]3O)C[C@H](c3ccccc3)[C@@H]3Cc5ccccc5C[C@H]5[C@H](C=C[C@H]6CCCC[C@@H]56)[C@H]3[C@H]4CO)C=C12. The van der Waals surface area contributed by atoms with Gasteiger partial charge in [0.25, 0.3) is 0 Å². The van der Waals surface area contributed by atoms with Crippen LogP contribution in [-0.2, 0) is 25.7 Å². The number of ether oxygens (including phenoxy) is 1. The highest BCUT2D eigenvalue weighted by Gasteiger charge is 2.57. The van der Waals surface area contributed by atoms with Crippen LogP contribution in [0, 0.1) is 88.3 Å².